The molecule has 3 nitrogen and oxygen atoms in total. The molecule has 25 heavy (non-hydrogen) atoms. The number of halogens is 2. The molecular formula is C20H28Br2N2O. The van der Waals surface area contributed by atoms with Gasteiger partial charge < -0.3 is 4.90 Å². The van der Waals surface area contributed by atoms with Crippen molar-refractivity contribution in [2.24, 2.45) is 0 Å². The van der Waals surface area contributed by atoms with Crippen LogP contribution in [-0.2, 0) is 4.79 Å². The van der Waals surface area contributed by atoms with Crippen LogP contribution in [0, 0.1) is 0 Å². The van der Waals surface area contributed by atoms with Gasteiger partial charge in [0.05, 0.1) is 6.04 Å². The van der Waals surface area contributed by atoms with E-state index in [9.17, 15) is 4.79 Å². The number of carbonyl (C=O) groups excluding carboxylic acids is 1. The van der Waals surface area contributed by atoms with E-state index >= 15 is 0 Å². The highest BCUT2D eigenvalue weighted by Crippen LogP contribution is 2.32. The third kappa shape index (κ3) is 4.86. The van der Waals surface area contributed by atoms with Gasteiger partial charge in [0.15, 0.2) is 0 Å². The first-order valence-corrected chi connectivity index (χ1v) is 11.5. The van der Waals surface area contributed by atoms with Crippen LogP contribution in [0.15, 0.2) is 28.7 Å². The van der Waals surface area contributed by atoms with E-state index in [2.05, 4.69) is 53.8 Å². The van der Waals surface area contributed by atoms with Gasteiger partial charge in [0.2, 0.25) is 5.91 Å². The number of hydrogen-bond acceptors (Lipinski definition) is 2. The van der Waals surface area contributed by atoms with Crippen molar-refractivity contribution >= 4 is 43.5 Å². The molecule has 3 rings (SSSR count). The number of likely N-dealkylation sites (tertiary alicyclic amines) is 1. The van der Waals surface area contributed by atoms with Crippen LogP contribution in [0.3, 0.4) is 0 Å². The second-order valence-corrected chi connectivity index (χ2v) is 8.90. The van der Waals surface area contributed by atoms with Gasteiger partial charge in [-0.2, -0.15) is 0 Å². The molecule has 2 aliphatic rings. The maximum atomic E-state index is 13.1. The molecule has 0 radical (unpaired) electrons. The van der Waals surface area contributed by atoms with E-state index in [0.717, 1.165) is 21.9 Å². The summed E-state index contributed by atoms with van der Waals surface area (Å²) in [5, 5.41) is 0.722. The number of benzene rings is 1. The minimum Gasteiger partial charge on any atom is -0.308 e. The minimum atomic E-state index is 0.246. The molecule has 1 amide bonds. The smallest absolute Gasteiger partial charge is 0.228 e. The molecule has 5 heteroatoms. The van der Waals surface area contributed by atoms with E-state index in [1.165, 1.54) is 51.6 Å². The van der Waals surface area contributed by atoms with Crippen LogP contribution in [0.5, 0.6) is 0 Å². The quantitative estimate of drug-likeness (QED) is 0.426. The van der Waals surface area contributed by atoms with Crippen LogP contribution in [-0.4, -0.2) is 41.3 Å². The lowest BCUT2D eigenvalue weighted by molar-refractivity contribution is -0.119. The van der Waals surface area contributed by atoms with Gasteiger partial charge in [-0.25, -0.2) is 0 Å². The second-order valence-electron chi connectivity index (χ2n) is 7.19. The summed E-state index contributed by atoms with van der Waals surface area (Å²) < 4.78 is 1.06. The van der Waals surface area contributed by atoms with Crippen molar-refractivity contribution in [2.45, 2.75) is 63.5 Å². The van der Waals surface area contributed by atoms with Crippen molar-refractivity contribution < 1.29 is 4.79 Å². The third-order valence-electron chi connectivity index (χ3n) is 5.57. The predicted octanol–water partition coefficient (Wildman–Crippen LogP) is 5.36. The summed E-state index contributed by atoms with van der Waals surface area (Å²) in [6, 6.07) is 9.07. The van der Waals surface area contributed by atoms with Crippen LogP contribution in [0.1, 0.15) is 51.4 Å². The highest BCUT2D eigenvalue weighted by Gasteiger charge is 2.36. The average Bonchev–Trinajstić information content (AvgIpc) is 3.03. The normalized spacial score (nSPS) is 24.9. The maximum absolute atomic E-state index is 13.1. The summed E-state index contributed by atoms with van der Waals surface area (Å²) in [6.45, 7) is 2.39. The van der Waals surface area contributed by atoms with Crippen molar-refractivity contribution in [1.82, 2.24) is 4.90 Å². The third-order valence-corrected chi connectivity index (χ3v) is 6.49. The minimum absolute atomic E-state index is 0.246. The number of nitrogens with zero attached hydrogens (tertiary/aromatic N) is 2. The van der Waals surface area contributed by atoms with Crippen molar-refractivity contribution in [3.63, 3.8) is 0 Å². The van der Waals surface area contributed by atoms with Crippen molar-refractivity contribution in [3.05, 3.63) is 28.7 Å². The highest BCUT2D eigenvalue weighted by molar-refractivity contribution is 9.10. The summed E-state index contributed by atoms with van der Waals surface area (Å²) in [5.74, 6) is 0.246. The Morgan fingerprint density at radius 3 is 2.40 bits per heavy atom. The molecule has 0 bridgehead atoms. The molecule has 1 aromatic rings. The SMILES string of the molecule is O=C(CCBr)N(c1ccc(Br)cc1)C1CCCCCC1N1CCCC1. The number of anilines is 1. The van der Waals surface area contributed by atoms with Crippen molar-refractivity contribution in [2.75, 3.05) is 23.3 Å². The molecule has 138 valence electrons. The van der Waals surface area contributed by atoms with Crippen LogP contribution in [0.2, 0.25) is 0 Å². The van der Waals surface area contributed by atoms with E-state index in [4.69, 9.17) is 0 Å². The summed E-state index contributed by atoms with van der Waals surface area (Å²) in [5.41, 5.74) is 1.05. The Labute approximate surface area is 168 Å². The summed E-state index contributed by atoms with van der Waals surface area (Å²) in [7, 11) is 0. The zero-order valence-corrected chi connectivity index (χ0v) is 18.0. The number of hydrogen-bond donors (Lipinski definition) is 0. The number of alkyl halides is 1. The van der Waals surface area contributed by atoms with Crippen LogP contribution < -0.4 is 4.90 Å². The Hall–Kier alpha value is -0.390. The van der Waals surface area contributed by atoms with Gasteiger partial charge in [0.1, 0.15) is 0 Å². The van der Waals surface area contributed by atoms with Gasteiger partial charge in [-0.3, -0.25) is 9.69 Å². The summed E-state index contributed by atoms with van der Waals surface area (Å²) in [4.78, 5) is 17.8. The van der Waals surface area contributed by atoms with E-state index in [0.29, 0.717) is 18.5 Å². The van der Waals surface area contributed by atoms with E-state index in [1.807, 2.05) is 12.1 Å². The van der Waals surface area contributed by atoms with E-state index < -0.39 is 0 Å². The van der Waals surface area contributed by atoms with Gasteiger partial charge in [0.25, 0.3) is 0 Å². The average molecular weight is 472 g/mol. The van der Waals surface area contributed by atoms with Crippen LogP contribution >= 0.6 is 31.9 Å². The Morgan fingerprint density at radius 2 is 1.72 bits per heavy atom. The van der Waals surface area contributed by atoms with Crippen molar-refractivity contribution in [1.29, 1.82) is 0 Å². The molecule has 2 unspecified atom stereocenters. The number of rotatable bonds is 5. The fourth-order valence-corrected chi connectivity index (χ4v) is 5.00. The lowest BCUT2D eigenvalue weighted by atomic mass is 9.98. The second kappa shape index (κ2) is 9.52. The van der Waals surface area contributed by atoms with Gasteiger partial charge in [-0.15, -0.1) is 0 Å². The van der Waals surface area contributed by atoms with Gasteiger partial charge in [-0.1, -0.05) is 51.1 Å². The first kappa shape index (κ1) is 19.4. The highest BCUT2D eigenvalue weighted by atomic mass is 79.9. The summed E-state index contributed by atoms with van der Waals surface area (Å²) in [6.07, 6.45) is 9.31. The topological polar surface area (TPSA) is 23.6 Å². The molecule has 1 heterocycles. The molecular weight excluding hydrogens is 444 g/mol. The Bertz CT molecular complexity index is 557. The largest absolute Gasteiger partial charge is 0.308 e. The van der Waals surface area contributed by atoms with Crippen LogP contribution in [0.25, 0.3) is 0 Å². The fourth-order valence-electron chi connectivity index (χ4n) is 4.39. The molecule has 0 aromatic heterocycles. The standard InChI is InChI=1S/C20H28Br2N2O/c21-13-12-20(25)24(17-10-8-16(22)9-11-17)19-7-3-1-2-6-18(19)23-14-4-5-15-23/h8-11,18-19H,1-7,12-15H2. The zero-order chi connectivity index (χ0) is 17.6. The number of amides is 1. The van der Waals surface area contributed by atoms with Crippen molar-refractivity contribution in [3.8, 4) is 0 Å². The Kier molecular flexibility index (Phi) is 7.38. The van der Waals surface area contributed by atoms with E-state index in [-0.39, 0.29) is 5.91 Å². The molecule has 0 N–H and O–H groups in total. The van der Waals surface area contributed by atoms with Crippen LogP contribution in [0.4, 0.5) is 5.69 Å². The first-order chi connectivity index (χ1) is 12.2. The molecule has 1 aromatic carbocycles. The molecule has 1 aliphatic carbocycles. The molecule has 0 spiro atoms. The molecule has 2 fully saturated rings. The zero-order valence-electron chi connectivity index (χ0n) is 14.8. The predicted molar refractivity (Wildman–Crippen MR) is 112 cm³/mol. The van der Waals surface area contributed by atoms with Gasteiger partial charge in [-0.05, 0) is 63.0 Å². The lowest BCUT2D eigenvalue weighted by Gasteiger charge is -2.40. The van der Waals surface area contributed by atoms with E-state index in [1.54, 1.807) is 0 Å². The first-order valence-electron chi connectivity index (χ1n) is 9.58. The maximum Gasteiger partial charge on any atom is 0.228 e. The molecule has 1 aliphatic heterocycles. The Morgan fingerprint density at radius 1 is 1.04 bits per heavy atom. The summed E-state index contributed by atoms with van der Waals surface area (Å²) >= 11 is 6.98. The lowest BCUT2D eigenvalue weighted by Crippen LogP contribution is -2.53. The number of carbonyl (C=O) groups is 1. The Balaban J connectivity index is 1.92. The fraction of sp³-hybridized carbons (Fsp3) is 0.650. The molecule has 1 saturated heterocycles. The van der Waals surface area contributed by atoms with Gasteiger partial charge >= 0.3 is 0 Å². The molecule has 2 atom stereocenters. The van der Waals surface area contributed by atoms with Gasteiger partial charge in [0, 0.05) is 28.0 Å². The molecule has 1 saturated carbocycles. The monoisotopic (exact) mass is 470 g/mol.